The third kappa shape index (κ3) is 1.53. The molecule has 1 aromatic heterocycles. The van der Waals surface area contributed by atoms with E-state index in [1.807, 2.05) is 11.6 Å². The fourth-order valence-corrected chi connectivity index (χ4v) is 1.82. The zero-order valence-electron chi connectivity index (χ0n) is 9.83. The van der Waals surface area contributed by atoms with Crippen molar-refractivity contribution in [1.82, 2.24) is 9.55 Å². The summed E-state index contributed by atoms with van der Waals surface area (Å²) in [7, 11) is 1.86. The quantitative estimate of drug-likeness (QED) is 0.776. The Kier molecular flexibility index (Phi) is 2.57. The third-order valence-corrected chi connectivity index (χ3v) is 2.84. The topological polar surface area (TPSA) is 29.9 Å². The summed E-state index contributed by atoms with van der Waals surface area (Å²) in [5, 5.41) is 3.07. The molecule has 2 aromatic rings. The molecule has 82 valence electrons. The van der Waals surface area contributed by atoms with E-state index in [0.717, 1.165) is 17.0 Å². The van der Waals surface area contributed by atoms with E-state index >= 15 is 0 Å². The number of aryl methyl sites for hydroxylation is 2. The van der Waals surface area contributed by atoms with Crippen molar-refractivity contribution in [2.75, 3.05) is 12.4 Å². The van der Waals surface area contributed by atoms with E-state index in [1.165, 1.54) is 11.1 Å². The largest absolute Gasteiger partial charge is 0.359 e. The second-order valence-corrected chi connectivity index (χ2v) is 3.90. The van der Waals surface area contributed by atoms with Crippen molar-refractivity contribution >= 4 is 17.0 Å². The van der Waals surface area contributed by atoms with Gasteiger partial charge < -0.3 is 5.32 Å². The van der Waals surface area contributed by atoms with Crippen LogP contribution in [0.15, 0.2) is 12.1 Å². The highest BCUT2D eigenvalue weighted by Gasteiger charge is 2.09. The van der Waals surface area contributed by atoms with Gasteiger partial charge in [-0.25, -0.2) is 4.98 Å². The second-order valence-electron chi connectivity index (χ2n) is 3.90. The van der Waals surface area contributed by atoms with E-state index in [2.05, 4.69) is 42.2 Å². The molecule has 0 aliphatic heterocycles. The summed E-state index contributed by atoms with van der Waals surface area (Å²) < 4.78 is 2.02. The van der Waals surface area contributed by atoms with Crippen molar-refractivity contribution in [2.24, 2.45) is 0 Å². The Morgan fingerprint density at radius 1 is 1.38 bits per heavy atom. The van der Waals surface area contributed by atoms with Crippen LogP contribution in [0.25, 0.3) is 11.0 Å². The van der Waals surface area contributed by atoms with Crippen LogP contribution in [0.4, 0.5) is 5.95 Å². The van der Waals surface area contributed by atoms with Gasteiger partial charge in [0.25, 0.3) is 0 Å². The smallest absolute Gasteiger partial charge is 0.204 e. The van der Waals surface area contributed by atoms with Gasteiger partial charge in [0.05, 0.1) is 17.6 Å². The minimum Gasteiger partial charge on any atom is -0.359 e. The molecule has 16 heavy (non-hydrogen) atoms. The lowest BCUT2D eigenvalue weighted by atomic mass is 10.1. The number of anilines is 1. The van der Waals surface area contributed by atoms with E-state index in [1.54, 1.807) is 0 Å². The summed E-state index contributed by atoms with van der Waals surface area (Å²) in [6.07, 6.45) is 5.38. The molecule has 0 bridgehead atoms. The van der Waals surface area contributed by atoms with E-state index < -0.39 is 0 Å². The molecule has 2 rings (SSSR count). The van der Waals surface area contributed by atoms with Crippen molar-refractivity contribution in [3.8, 4) is 12.3 Å². The molecular weight excluding hydrogens is 198 g/mol. The second kappa shape index (κ2) is 3.90. The first-order valence-electron chi connectivity index (χ1n) is 5.26. The number of imidazole rings is 1. The molecule has 1 N–H and O–H groups in total. The molecule has 0 aliphatic carbocycles. The molecule has 0 atom stereocenters. The van der Waals surface area contributed by atoms with Gasteiger partial charge in [-0.2, -0.15) is 0 Å². The summed E-state index contributed by atoms with van der Waals surface area (Å²) in [6, 6.07) is 4.23. The van der Waals surface area contributed by atoms with Crippen LogP contribution in [-0.2, 0) is 6.54 Å². The van der Waals surface area contributed by atoms with Gasteiger partial charge in [-0.05, 0) is 37.1 Å². The standard InChI is InChI=1S/C13H15N3/c1-5-6-16-12-8-10(3)9(2)7-11(12)15-13(16)14-4/h1,7-8H,6H2,2-4H3,(H,14,15). The Morgan fingerprint density at radius 2 is 2.06 bits per heavy atom. The summed E-state index contributed by atoms with van der Waals surface area (Å²) in [6.45, 7) is 4.73. The van der Waals surface area contributed by atoms with Gasteiger partial charge in [0.2, 0.25) is 5.95 Å². The van der Waals surface area contributed by atoms with Crippen LogP contribution in [-0.4, -0.2) is 16.6 Å². The minimum atomic E-state index is 0.537. The molecule has 3 heteroatoms. The van der Waals surface area contributed by atoms with Crippen molar-refractivity contribution < 1.29 is 0 Å². The average Bonchev–Trinajstić information content (AvgIpc) is 2.58. The van der Waals surface area contributed by atoms with E-state index in [-0.39, 0.29) is 0 Å². The number of rotatable bonds is 2. The lowest BCUT2D eigenvalue weighted by molar-refractivity contribution is 0.877. The van der Waals surface area contributed by atoms with E-state index in [4.69, 9.17) is 6.42 Å². The molecule has 1 aromatic carbocycles. The van der Waals surface area contributed by atoms with Crippen LogP contribution in [0.1, 0.15) is 11.1 Å². The van der Waals surface area contributed by atoms with Crippen molar-refractivity contribution in [2.45, 2.75) is 20.4 Å². The fourth-order valence-electron chi connectivity index (χ4n) is 1.82. The molecule has 0 saturated carbocycles. The maximum atomic E-state index is 5.38. The summed E-state index contributed by atoms with van der Waals surface area (Å²) in [4.78, 5) is 4.51. The molecule has 0 unspecified atom stereocenters. The van der Waals surface area contributed by atoms with Crippen molar-refractivity contribution in [3.63, 3.8) is 0 Å². The molecular formula is C13H15N3. The highest BCUT2D eigenvalue weighted by Crippen LogP contribution is 2.22. The number of nitrogens with zero attached hydrogens (tertiary/aromatic N) is 2. The first kappa shape index (κ1) is 10.6. The lowest BCUT2D eigenvalue weighted by Gasteiger charge is -2.05. The molecule has 0 fully saturated rings. The van der Waals surface area contributed by atoms with Gasteiger partial charge >= 0.3 is 0 Å². The maximum absolute atomic E-state index is 5.38. The van der Waals surface area contributed by atoms with Gasteiger partial charge in [0, 0.05) is 7.05 Å². The monoisotopic (exact) mass is 213 g/mol. The van der Waals surface area contributed by atoms with Crippen LogP contribution in [0.5, 0.6) is 0 Å². The van der Waals surface area contributed by atoms with Crippen LogP contribution < -0.4 is 5.32 Å². The molecule has 0 saturated heterocycles. The molecule has 0 radical (unpaired) electrons. The zero-order valence-corrected chi connectivity index (χ0v) is 9.83. The summed E-state index contributed by atoms with van der Waals surface area (Å²) in [5.74, 6) is 3.47. The molecule has 3 nitrogen and oxygen atoms in total. The Morgan fingerprint density at radius 3 is 2.69 bits per heavy atom. The van der Waals surface area contributed by atoms with Gasteiger partial charge in [0.1, 0.15) is 0 Å². The number of fused-ring (bicyclic) bond motifs is 1. The first-order chi connectivity index (χ1) is 7.67. The highest BCUT2D eigenvalue weighted by molar-refractivity contribution is 5.80. The molecule has 0 aliphatic rings. The number of aromatic nitrogens is 2. The number of terminal acetylenes is 1. The molecule has 0 amide bonds. The van der Waals surface area contributed by atoms with Gasteiger partial charge in [-0.1, -0.05) is 5.92 Å². The lowest BCUT2D eigenvalue weighted by Crippen LogP contribution is -2.02. The Bertz CT molecular complexity index is 573. The zero-order chi connectivity index (χ0) is 11.7. The average molecular weight is 213 g/mol. The third-order valence-electron chi connectivity index (χ3n) is 2.84. The number of hydrogen-bond donors (Lipinski definition) is 1. The fraction of sp³-hybridized carbons (Fsp3) is 0.308. The predicted molar refractivity (Wildman–Crippen MR) is 67.6 cm³/mol. The van der Waals surface area contributed by atoms with Gasteiger partial charge in [-0.3, -0.25) is 4.57 Å². The van der Waals surface area contributed by atoms with Crippen molar-refractivity contribution in [1.29, 1.82) is 0 Å². The predicted octanol–water partition coefficient (Wildman–Crippen LogP) is 2.33. The number of nitrogens with one attached hydrogen (secondary N) is 1. The summed E-state index contributed by atoms with van der Waals surface area (Å²) in [5.41, 5.74) is 4.59. The van der Waals surface area contributed by atoms with Crippen LogP contribution in [0.3, 0.4) is 0 Å². The van der Waals surface area contributed by atoms with Crippen LogP contribution in [0.2, 0.25) is 0 Å². The number of hydrogen-bond acceptors (Lipinski definition) is 2. The van der Waals surface area contributed by atoms with Gasteiger partial charge in [0.15, 0.2) is 0 Å². The normalized spacial score (nSPS) is 10.4. The van der Waals surface area contributed by atoms with Crippen LogP contribution >= 0.6 is 0 Å². The SMILES string of the molecule is C#CCn1c(NC)nc2cc(C)c(C)cc21. The van der Waals surface area contributed by atoms with Crippen LogP contribution in [0, 0.1) is 26.2 Å². The van der Waals surface area contributed by atoms with Crippen molar-refractivity contribution in [3.05, 3.63) is 23.3 Å². The Balaban J connectivity index is 2.75. The minimum absolute atomic E-state index is 0.537. The molecule has 0 spiro atoms. The summed E-state index contributed by atoms with van der Waals surface area (Å²) >= 11 is 0. The Labute approximate surface area is 95.5 Å². The Hall–Kier alpha value is -1.95. The van der Waals surface area contributed by atoms with E-state index in [0.29, 0.717) is 6.54 Å². The molecule has 1 heterocycles. The number of benzene rings is 1. The van der Waals surface area contributed by atoms with E-state index in [9.17, 15) is 0 Å². The first-order valence-corrected chi connectivity index (χ1v) is 5.26. The highest BCUT2D eigenvalue weighted by atomic mass is 15.2. The van der Waals surface area contributed by atoms with Gasteiger partial charge in [-0.15, -0.1) is 6.42 Å². The maximum Gasteiger partial charge on any atom is 0.204 e.